The number of unbranched alkanes of at least 4 members (excludes halogenated alkanes) is 2. The van der Waals surface area contributed by atoms with Gasteiger partial charge in [-0.15, -0.1) is 0 Å². The Balaban J connectivity index is 1.44. The molecule has 3 rings (SSSR count). The highest BCUT2D eigenvalue weighted by molar-refractivity contribution is 5.24. The Morgan fingerprint density at radius 2 is 1.92 bits per heavy atom. The first-order valence-corrected chi connectivity index (χ1v) is 9.87. The van der Waals surface area contributed by atoms with E-state index >= 15 is 0 Å². The van der Waals surface area contributed by atoms with Crippen LogP contribution in [0.2, 0.25) is 0 Å². The molecular formula is C20H28FN3O2. The Morgan fingerprint density at radius 1 is 1.19 bits per heavy atom. The Morgan fingerprint density at radius 3 is 2.54 bits per heavy atom. The van der Waals surface area contributed by atoms with Crippen molar-refractivity contribution in [1.29, 1.82) is 5.26 Å². The first-order chi connectivity index (χ1) is 12.7. The minimum atomic E-state index is -0.715. The van der Waals surface area contributed by atoms with Crippen LogP contribution in [0.4, 0.5) is 4.39 Å². The lowest BCUT2D eigenvalue weighted by molar-refractivity contribution is -0.229. The second-order valence-electron chi connectivity index (χ2n) is 7.55. The van der Waals surface area contributed by atoms with Crippen LogP contribution < -0.4 is 0 Å². The van der Waals surface area contributed by atoms with E-state index < -0.39 is 5.95 Å². The van der Waals surface area contributed by atoms with Crippen molar-refractivity contribution in [2.24, 2.45) is 11.8 Å². The molecule has 0 amide bonds. The topological polar surface area (TPSA) is 68.0 Å². The van der Waals surface area contributed by atoms with Crippen molar-refractivity contribution < 1.29 is 13.9 Å². The molecule has 2 fully saturated rings. The van der Waals surface area contributed by atoms with Gasteiger partial charge in [0.1, 0.15) is 17.5 Å². The summed E-state index contributed by atoms with van der Waals surface area (Å²) in [5.41, 5.74) is -0.0973. The van der Waals surface area contributed by atoms with Crippen molar-refractivity contribution in [3.63, 3.8) is 0 Å². The first-order valence-electron chi connectivity index (χ1n) is 9.87. The summed E-state index contributed by atoms with van der Waals surface area (Å²) in [5.74, 6) is 0.878. The van der Waals surface area contributed by atoms with Crippen molar-refractivity contribution in [2.45, 2.75) is 70.5 Å². The zero-order chi connectivity index (χ0) is 18.4. The molecule has 0 unspecified atom stereocenters. The summed E-state index contributed by atoms with van der Waals surface area (Å²) < 4.78 is 25.7. The smallest absolute Gasteiger partial charge is 0.234 e. The number of nitriles is 1. The molecule has 26 heavy (non-hydrogen) atoms. The van der Waals surface area contributed by atoms with Gasteiger partial charge in [-0.3, -0.25) is 0 Å². The predicted molar refractivity (Wildman–Crippen MR) is 94.7 cm³/mol. The third-order valence-electron chi connectivity index (χ3n) is 5.61. The fraction of sp³-hybridized carbons (Fsp3) is 0.750. The largest absolute Gasteiger partial charge is 0.352 e. The maximum absolute atomic E-state index is 13.7. The van der Waals surface area contributed by atoms with Gasteiger partial charge in [0.05, 0.1) is 19.4 Å². The maximum Gasteiger partial charge on any atom is 0.234 e. The number of halogens is 1. The van der Waals surface area contributed by atoms with Gasteiger partial charge in [-0.2, -0.15) is 9.65 Å². The minimum absolute atomic E-state index is 0.0973. The van der Waals surface area contributed by atoms with Gasteiger partial charge in [0.25, 0.3) is 0 Å². The van der Waals surface area contributed by atoms with Gasteiger partial charge in [0, 0.05) is 17.8 Å². The van der Waals surface area contributed by atoms with E-state index in [4.69, 9.17) is 14.7 Å². The normalized spacial score (nSPS) is 29.3. The molecule has 1 saturated heterocycles. The number of hydrogen-bond acceptors (Lipinski definition) is 5. The van der Waals surface area contributed by atoms with Gasteiger partial charge in [-0.1, -0.05) is 26.2 Å². The van der Waals surface area contributed by atoms with Gasteiger partial charge in [-0.05, 0) is 32.1 Å². The van der Waals surface area contributed by atoms with Crippen LogP contribution in [-0.4, -0.2) is 29.5 Å². The van der Waals surface area contributed by atoms with Crippen LogP contribution in [0.15, 0.2) is 6.20 Å². The fourth-order valence-electron chi connectivity index (χ4n) is 3.97. The summed E-state index contributed by atoms with van der Waals surface area (Å²) in [6.45, 7) is 3.83. The molecule has 1 saturated carbocycles. The van der Waals surface area contributed by atoms with Crippen LogP contribution in [0.3, 0.4) is 0 Å². The quantitative estimate of drug-likeness (QED) is 0.557. The molecule has 1 aromatic rings. The number of hydrogen-bond donors (Lipinski definition) is 0. The molecule has 5 nitrogen and oxygen atoms in total. The van der Waals surface area contributed by atoms with Crippen molar-refractivity contribution in [3.8, 4) is 6.07 Å². The molecule has 142 valence electrons. The third-order valence-corrected chi connectivity index (χ3v) is 5.61. The molecule has 0 aromatic carbocycles. The molecule has 0 N–H and O–H groups in total. The second-order valence-corrected chi connectivity index (χ2v) is 7.55. The third kappa shape index (κ3) is 4.77. The second kappa shape index (κ2) is 9.38. The molecule has 1 aliphatic heterocycles. The lowest BCUT2D eigenvalue weighted by Gasteiger charge is -2.37. The summed E-state index contributed by atoms with van der Waals surface area (Å²) in [6.07, 6.45) is 9.90. The molecular weight excluding hydrogens is 333 g/mol. The van der Waals surface area contributed by atoms with Gasteiger partial charge in [0.2, 0.25) is 5.95 Å². The van der Waals surface area contributed by atoms with Crippen LogP contribution in [0, 0.1) is 29.1 Å². The lowest BCUT2D eigenvalue weighted by Crippen LogP contribution is -2.38. The van der Waals surface area contributed by atoms with Crippen LogP contribution >= 0.6 is 0 Å². The molecule has 2 aliphatic rings. The summed E-state index contributed by atoms with van der Waals surface area (Å²) in [5, 5.41) is 8.78. The number of nitrogens with zero attached hydrogens (tertiary/aromatic N) is 3. The molecule has 0 bridgehead atoms. The molecule has 0 spiro atoms. The van der Waals surface area contributed by atoms with Gasteiger partial charge in [0.15, 0.2) is 6.29 Å². The van der Waals surface area contributed by atoms with E-state index in [1.54, 1.807) is 6.07 Å². The summed E-state index contributed by atoms with van der Waals surface area (Å²) >= 11 is 0. The monoisotopic (exact) mass is 361 g/mol. The summed E-state index contributed by atoms with van der Waals surface area (Å²) in [4.78, 5) is 8.07. The van der Waals surface area contributed by atoms with E-state index in [9.17, 15) is 4.39 Å². The number of rotatable bonds is 6. The Hall–Kier alpha value is -1.58. The maximum atomic E-state index is 13.7. The average Bonchev–Trinajstić information content (AvgIpc) is 2.69. The highest BCUT2D eigenvalue weighted by atomic mass is 19.1. The van der Waals surface area contributed by atoms with Crippen molar-refractivity contribution in [2.75, 3.05) is 13.2 Å². The fourth-order valence-corrected chi connectivity index (χ4v) is 3.97. The zero-order valence-corrected chi connectivity index (χ0v) is 15.5. The standard InChI is InChI=1S/C20H28FN3O2/c1-2-3-4-5-14-12-25-20(26-13-14)16-8-6-15(7-9-16)19-23-11-17(10-22)18(21)24-19/h11,14-16,20H,2-9,12-13H2,1H3. The number of ether oxygens (including phenoxy) is 2. The molecule has 6 heteroatoms. The molecule has 0 atom stereocenters. The summed E-state index contributed by atoms with van der Waals surface area (Å²) in [6, 6.07) is 1.76. The summed E-state index contributed by atoms with van der Waals surface area (Å²) in [7, 11) is 0. The highest BCUT2D eigenvalue weighted by Gasteiger charge is 2.33. The van der Waals surface area contributed by atoms with Crippen LogP contribution in [-0.2, 0) is 9.47 Å². The van der Waals surface area contributed by atoms with Crippen LogP contribution in [0.1, 0.15) is 75.6 Å². The first kappa shape index (κ1) is 19.2. The average molecular weight is 361 g/mol. The van der Waals surface area contributed by atoms with Gasteiger partial charge >= 0.3 is 0 Å². The van der Waals surface area contributed by atoms with E-state index in [0.717, 1.165) is 38.9 Å². The van der Waals surface area contributed by atoms with Crippen LogP contribution in [0.5, 0.6) is 0 Å². The van der Waals surface area contributed by atoms with Crippen molar-refractivity contribution in [1.82, 2.24) is 9.97 Å². The molecule has 0 radical (unpaired) electrons. The molecule has 1 aliphatic carbocycles. The molecule has 2 heterocycles. The Kier molecular flexibility index (Phi) is 6.93. The zero-order valence-electron chi connectivity index (χ0n) is 15.5. The van der Waals surface area contributed by atoms with Gasteiger partial charge in [-0.25, -0.2) is 9.97 Å². The van der Waals surface area contributed by atoms with E-state index in [1.165, 1.54) is 31.9 Å². The van der Waals surface area contributed by atoms with Crippen LogP contribution in [0.25, 0.3) is 0 Å². The predicted octanol–water partition coefficient (Wildman–Crippen LogP) is 4.33. The van der Waals surface area contributed by atoms with E-state index in [-0.39, 0.29) is 17.8 Å². The Bertz CT molecular complexity index is 618. The van der Waals surface area contributed by atoms with Crippen molar-refractivity contribution in [3.05, 3.63) is 23.5 Å². The van der Waals surface area contributed by atoms with Crippen molar-refractivity contribution >= 4 is 0 Å². The van der Waals surface area contributed by atoms with E-state index in [1.807, 2.05) is 0 Å². The lowest BCUT2D eigenvalue weighted by atomic mass is 9.81. The highest BCUT2D eigenvalue weighted by Crippen LogP contribution is 2.38. The molecule has 1 aromatic heterocycles. The number of aromatic nitrogens is 2. The van der Waals surface area contributed by atoms with E-state index in [2.05, 4.69) is 16.9 Å². The van der Waals surface area contributed by atoms with Gasteiger partial charge < -0.3 is 9.47 Å². The minimum Gasteiger partial charge on any atom is -0.352 e. The van der Waals surface area contributed by atoms with E-state index in [0.29, 0.717) is 17.7 Å². The SMILES string of the molecule is CCCCCC1COC(C2CCC(c3ncc(C#N)c(F)n3)CC2)OC1. The Labute approximate surface area is 154 Å².